The van der Waals surface area contributed by atoms with E-state index in [4.69, 9.17) is 28.7 Å². The van der Waals surface area contributed by atoms with Crippen molar-refractivity contribution in [1.82, 2.24) is 63.1 Å². The van der Waals surface area contributed by atoms with Gasteiger partial charge in [0.05, 0.1) is 31.4 Å². The summed E-state index contributed by atoms with van der Waals surface area (Å²) in [6.45, 7) is 8.22. The number of hydrogen-bond acceptors (Lipinski definition) is 18. The minimum absolute atomic E-state index is 0.0186. The maximum absolute atomic E-state index is 14.3. The molecule has 1 heterocycles. The Bertz CT molecular complexity index is 2760. The van der Waals surface area contributed by atoms with Crippen LogP contribution in [0.5, 0.6) is 0 Å². The molecule has 11 atom stereocenters. The second kappa shape index (κ2) is 38.9. The molecular weight excluding hydrogens is 1190 g/mol. The van der Waals surface area contributed by atoms with Crippen LogP contribution >= 0.6 is 12.6 Å². The van der Waals surface area contributed by atoms with E-state index in [1.807, 2.05) is 0 Å². The van der Waals surface area contributed by atoms with E-state index >= 15 is 0 Å². The number of carboxylic acid groups (broad SMARTS) is 2. The van der Waals surface area contributed by atoms with Crippen molar-refractivity contribution < 1.29 is 72.9 Å². The Hall–Kier alpha value is -9.12. The Morgan fingerprint density at radius 3 is 1.55 bits per heavy atom. The van der Waals surface area contributed by atoms with Gasteiger partial charge in [-0.2, -0.15) is 12.6 Å². The summed E-state index contributed by atoms with van der Waals surface area (Å²) in [4.78, 5) is 176. The first-order chi connectivity index (χ1) is 41.8. The lowest BCUT2D eigenvalue weighted by molar-refractivity contribution is -0.143. The summed E-state index contributed by atoms with van der Waals surface area (Å²) >= 11 is 4.14. The number of carbonyl (C=O) groups excluding carboxylic acids is 10. The van der Waals surface area contributed by atoms with Crippen LogP contribution in [0.3, 0.4) is 0 Å². The fourth-order valence-corrected chi connectivity index (χ4v) is 8.59. The molecule has 35 heteroatoms. The minimum Gasteiger partial charge on any atom is -0.481 e. The summed E-state index contributed by atoms with van der Waals surface area (Å²) in [5.41, 5.74) is 28.3. The van der Waals surface area contributed by atoms with Gasteiger partial charge in [-0.3, -0.25) is 62.7 Å². The van der Waals surface area contributed by atoms with Crippen molar-refractivity contribution in [1.29, 1.82) is 0 Å². The van der Waals surface area contributed by atoms with Gasteiger partial charge in [-0.1, -0.05) is 58.0 Å². The molecule has 0 aliphatic heterocycles. The summed E-state index contributed by atoms with van der Waals surface area (Å²) in [6.07, 6.45) is -0.700. The number of hydrogen-bond donors (Lipinski definition) is 20. The second-order valence-electron chi connectivity index (χ2n) is 21.6. The zero-order valence-electron chi connectivity index (χ0n) is 50.4. The van der Waals surface area contributed by atoms with Crippen molar-refractivity contribution in [2.75, 3.05) is 25.4 Å². The number of nitrogens with zero attached hydrogens (tertiary/aromatic N) is 3. The normalized spacial score (nSPS) is 14.7. The van der Waals surface area contributed by atoms with E-state index in [1.54, 1.807) is 44.2 Å². The minimum atomic E-state index is -1.93. The number of imidazole rings is 1. The third-order valence-corrected chi connectivity index (χ3v) is 13.4. The topological polar surface area (TPSA) is 569 Å². The SMILES string of the molecule is CC(C)C[C@H](NC(=O)CNC(=O)[C@H](CCCN=C(N)N)NC(=O)[C@H](Cc1cnc[nH]1)NC(=O)[C@H](CC(=O)O)NC(=O)[C@@H](NC(=O)[C@H](CCCN=C(N)N)NC(=O)[C@H](CS)NC(=O)[C@H](C)N)C(C)C)C(=O)N[C@H](C(=O)N[C@@H](Cc1ccccc1)C(=O)O)[C@@H](C)O. The number of amides is 10. The van der Waals surface area contributed by atoms with Crippen LogP contribution in [0, 0.1) is 11.8 Å². The van der Waals surface area contributed by atoms with E-state index < -0.39 is 156 Å². The van der Waals surface area contributed by atoms with Gasteiger partial charge in [0.1, 0.15) is 54.4 Å². The predicted molar refractivity (Wildman–Crippen MR) is 326 cm³/mol. The predicted octanol–water partition coefficient (Wildman–Crippen LogP) is -6.30. The number of aliphatic imine (C=N–C) groups is 2. The number of aromatic amines is 1. The number of aliphatic carboxylic acids is 2. The van der Waals surface area contributed by atoms with Gasteiger partial charge in [-0.05, 0) is 63.4 Å². The molecule has 0 aliphatic carbocycles. The Morgan fingerprint density at radius 1 is 0.573 bits per heavy atom. The third kappa shape index (κ3) is 29.0. The zero-order valence-corrected chi connectivity index (χ0v) is 51.3. The smallest absolute Gasteiger partial charge is 0.326 e. The molecule has 0 aliphatic rings. The first kappa shape index (κ1) is 76.0. The summed E-state index contributed by atoms with van der Waals surface area (Å²) in [5, 5.41) is 54.7. The Morgan fingerprint density at radius 2 is 1.06 bits per heavy atom. The number of aliphatic hydroxyl groups excluding tert-OH is 1. The number of aromatic nitrogens is 2. The van der Waals surface area contributed by atoms with Gasteiger partial charge >= 0.3 is 11.9 Å². The van der Waals surface area contributed by atoms with Crippen molar-refractivity contribution in [3.8, 4) is 0 Å². The lowest BCUT2D eigenvalue weighted by Crippen LogP contribution is -2.61. The van der Waals surface area contributed by atoms with E-state index in [-0.39, 0.29) is 87.3 Å². The Kier molecular flexibility index (Phi) is 33.2. The van der Waals surface area contributed by atoms with Crippen LogP contribution in [0.1, 0.15) is 91.3 Å². The second-order valence-corrected chi connectivity index (χ2v) is 21.9. The number of benzene rings is 1. The van der Waals surface area contributed by atoms with Crippen molar-refractivity contribution in [3.63, 3.8) is 0 Å². The Balaban J connectivity index is 2.40. The van der Waals surface area contributed by atoms with Gasteiger partial charge in [0, 0.05) is 43.6 Å². The average molecular weight is 1270 g/mol. The highest BCUT2D eigenvalue weighted by Crippen LogP contribution is 2.12. The van der Waals surface area contributed by atoms with Gasteiger partial charge < -0.3 is 102 Å². The van der Waals surface area contributed by atoms with Gasteiger partial charge in [-0.15, -0.1) is 0 Å². The maximum atomic E-state index is 14.3. The van der Waals surface area contributed by atoms with Crippen LogP contribution in [-0.2, 0) is 70.4 Å². The van der Waals surface area contributed by atoms with Gasteiger partial charge in [0.2, 0.25) is 59.1 Å². The van der Waals surface area contributed by atoms with Crippen LogP contribution in [0.25, 0.3) is 0 Å². The molecule has 24 N–H and O–H groups in total. The van der Waals surface area contributed by atoms with Crippen molar-refractivity contribution in [2.24, 2.45) is 50.5 Å². The molecule has 1 aromatic heterocycles. The van der Waals surface area contributed by atoms with Gasteiger partial charge in [-0.25, -0.2) is 9.78 Å². The molecule has 10 amide bonds. The van der Waals surface area contributed by atoms with Crippen LogP contribution in [0.2, 0.25) is 0 Å². The quantitative estimate of drug-likeness (QED) is 0.0128. The Labute approximate surface area is 519 Å². The van der Waals surface area contributed by atoms with E-state index in [9.17, 15) is 72.9 Å². The first-order valence-electron chi connectivity index (χ1n) is 28.4. The highest BCUT2D eigenvalue weighted by atomic mass is 32.1. The number of carboxylic acids is 2. The largest absolute Gasteiger partial charge is 0.481 e. The average Bonchev–Trinajstić information content (AvgIpc) is 2.52. The molecule has 0 unspecified atom stereocenters. The number of H-pyrrole nitrogens is 1. The molecule has 34 nitrogen and oxygen atoms in total. The molecule has 89 heavy (non-hydrogen) atoms. The highest BCUT2D eigenvalue weighted by molar-refractivity contribution is 7.80. The molecule has 0 saturated heterocycles. The molecule has 1 aromatic carbocycles. The molecule has 0 saturated carbocycles. The van der Waals surface area contributed by atoms with Crippen LogP contribution < -0.4 is 81.8 Å². The zero-order chi connectivity index (χ0) is 67.1. The monoisotopic (exact) mass is 1270 g/mol. The van der Waals surface area contributed by atoms with Crippen LogP contribution in [0.4, 0.5) is 0 Å². The standard InChI is InChI=1S/C54H87N19O15S/c1-26(2)18-34(48(83)73-42(29(6)74)51(86)70-37(52(87)88)19-30-12-8-7-9-13-30)65-39(75)23-63-44(79)32(14-10-16-61-53(56)57)66-46(81)35(20-31-22-60-25-64-31)68-47(82)36(21-40(76)77)69-50(85)41(27(3)4)72-45(80)33(15-11-17-62-54(58)59)67-49(84)38(24-89)71-43(78)28(5)55/h7-9,12-13,22,25-29,32-38,41-42,74,89H,10-11,14-21,23-24,55H2,1-6H3,(H,60,64)(H,63,79)(H,65,75)(H,66,81)(H,67,84)(H,68,82)(H,69,85)(H,70,86)(H,71,78)(H,72,80)(H,73,83)(H,76,77)(H,87,88)(H4,56,57,61)(H4,58,59,62)/t28-,29+,32-,33-,34-,35-,36-,37-,38-,41-,42-/m0/s1. The summed E-state index contributed by atoms with van der Waals surface area (Å²) in [6, 6.07) is -6.34. The van der Waals surface area contributed by atoms with E-state index in [0.717, 1.165) is 0 Å². The highest BCUT2D eigenvalue weighted by Gasteiger charge is 2.37. The van der Waals surface area contributed by atoms with Crippen molar-refractivity contribution in [3.05, 3.63) is 54.1 Å². The van der Waals surface area contributed by atoms with Crippen molar-refractivity contribution in [2.45, 2.75) is 159 Å². The first-order valence-corrected chi connectivity index (χ1v) is 29.1. The third-order valence-electron chi connectivity index (χ3n) is 13.0. The molecule has 0 radical (unpaired) electrons. The van der Waals surface area contributed by atoms with Crippen molar-refractivity contribution >= 4 is 95.6 Å². The molecule has 494 valence electrons. The molecular formula is C54H87N19O15S. The molecule has 2 rings (SSSR count). The van der Waals surface area contributed by atoms with Crippen LogP contribution in [0.15, 0.2) is 52.8 Å². The fourth-order valence-electron chi connectivity index (χ4n) is 8.33. The molecule has 2 aromatic rings. The molecule has 0 spiro atoms. The van der Waals surface area contributed by atoms with Gasteiger partial charge in [0.25, 0.3) is 0 Å². The number of rotatable bonds is 40. The number of nitrogens with one attached hydrogen (secondary N) is 11. The lowest BCUT2D eigenvalue weighted by atomic mass is 10.0. The summed E-state index contributed by atoms with van der Waals surface area (Å²) in [7, 11) is 0. The number of thiol groups is 1. The molecule has 0 bridgehead atoms. The lowest BCUT2D eigenvalue weighted by Gasteiger charge is -2.28. The van der Waals surface area contributed by atoms with E-state index in [2.05, 4.69) is 85.7 Å². The van der Waals surface area contributed by atoms with E-state index in [0.29, 0.717) is 5.56 Å². The van der Waals surface area contributed by atoms with Gasteiger partial charge in [0.15, 0.2) is 11.9 Å². The molecule has 0 fully saturated rings. The maximum Gasteiger partial charge on any atom is 0.326 e. The number of aliphatic hydroxyl groups is 1. The van der Waals surface area contributed by atoms with Crippen LogP contribution in [-0.4, -0.2) is 200 Å². The number of guanidine groups is 2. The number of carbonyl (C=O) groups is 12. The summed E-state index contributed by atoms with van der Waals surface area (Å²) < 4.78 is 0. The summed E-state index contributed by atoms with van der Waals surface area (Å²) in [5.74, 6) is -14.4. The number of nitrogens with two attached hydrogens (primary N) is 5. The fraction of sp³-hybridized carbons (Fsp3) is 0.574. The van der Waals surface area contributed by atoms with E-state index in [1.165, 1.54) is 40.2 Å².